The predicted molar refractivity (Wildman–Crippen MR) is 88.3 cm³/mol. The van der Waals surface area contributed by atoms with Gasteiger partial charge in [0.1, 0.15) is 5.75 Å². The molecule has 2 aromatic rings. The molecule has 0 aliphatic heterocycles. The first-order chi connectivity index (χ1) is 10.9. The van der Waals surface area contributed by atoms with Gasteiger partial charge < -0.3 is 10.1 Å². The minimum Gasteiger partial charge on any atom is -0.495 e. The van der Waals surface area contributed by atoms with Gasteiger partial charge in [-0.3, -0.25) is 4.79 Å². The topological polar surface area (TPSA) is 38.3 Å². The van der Waals surface area contributed by atoms with Crippen LogP contribution in [0.1, 0.15) is 6.92 Å². The van der Waals surface area contributed by atoms with Crippen molar-refractivity contribution in [2.45, 2.75) is 17.1 Å². The van der Waals surface area contributed by atoms with Crippen molar-refractivity contribution in [1.82, 2.24) is 0 Å². The number of ether oxygens (including phenoxy) is 1. The van der Waals surface area contributed by atoms with Crippen molar-refractivity contribution < 1.29 is 18.3 Å². The van der Waals surface area contributed by atoms with E-state index in [-0.39, 0.29) is 5.91 Å². The summed E-state index contributed by atoms with van der Waals surface area (Å²) in [5.41, 5.74) is 0.447. The normalized spacial score (nSPS) is 11.9. The van der Waals surface area contributed by atoms with Crippen LogP contribution in [0.5, 0.6) is 5.75 Å². The Kier molecular flexibility index (Phi) is 5.85. The van der Waals surface area contributed by atoms with Gasteiger partial charge in [-0.05, 0) is 43.3 Å². The Morgan fingerprint density at radius 3 is 2.61 bits per heavy atom. The van der Waals surface area contributed by atoms with Gasteiger partial charge in [0.2, 0.25) is 5.91 Å². The Morgan fingerprint density at radius 2 is 1.96 bits per heavy atom. The first-order valence-corrected chi connectivity index (χ1v) is 7.92. The molecule has 2 rings (SSSR count). The summed E-state index contributed by atoms with van der Waals surface area (Å²) in [5.74, 6) is -1.69. The molecule has 0 radical (unpaired) electrons. The maximum atomic E-state index is 13.2. The quantitative estimate of drug-likeness (QED) is 0.785. The van der Waals surface area contributed by atoms with Crippen LogP contribution in [0, 0.1) is 11.6 Å². The molecule has 0 unspecified atom stereocenters. The lowest BCUT2D eigenvalue weighted by molar-refractivity contribution is -0.115. The average molecular weight is 358 g/mol. The Bertz CT molecular complexity index is 727. The molecule has 0 aliphatic rings. The van der Waals surface area contributed by atoms with Crippen molar-refractivity contribution in [1.29, 1.82) is 0 Å². The first kappa shape index (κ1) is 17.6. The van der Waals surface area contributed by atoms with Crippen LogP contribution in [0.4, 0.5) is 14.5 Å². The number of amides is 1. The van der Waals surface area contributed by atoms with E-state index in [1.165, 1.54) is 13.2 Å². The molecule has 0 saturated heterocycles. The van der Waals surface area contributed by atoms with Crippen LogP contribution in [0.3, 0.4) is 0 Å². The number of rotatable bonds is 5. The lowest BCUT2D eigenvalue weighted by Crippen LogP contribution is -2.22. The van der Waals surface area contributed by atoms with E-state index >= 15 is 0 Å². The van der Waals surface area contributed by atoms with E-state index in [2.05, 4.69) is 5.32 Å². The van der Waals surface area contributed by atoms with Gasteiger partial charge >= 0.3 is 0 Å². The van der Waals surface area contributed by atoms with Gasteiger partial charge in [0.15, 0.2) is 11.6 Å². The molecule has 1 N–H and O–H groups in total. The molecule has 23 heavy (non-hydrogen) atoms. The molecule has 2 aromatic carbocycles. The standard InChI is InChI=1S/C16H14ClF2NO2S/c1-9(23-11-4-5-12(18)13(19)8-11)16(21)20-14-7-10(17)3-6-15(14)22-2/h3-9H,1-2H3,(H,20,21)/t9-/m0/s1. The van der Waals surface area contributed by atoms with E-state index < -0.39 is 16.9 Å². The molecule has 7 heteroatoms. The van der Waals surface area contributed by atoms with Gasteiger partial charge in [0.25, 0.3) is 0 Å². The second-order valence-corrected chi connectivity index (χ2v) is 6.52. The highest BCUT2D eigenvalue weighted by Gasteiger charge is 2.17. The van der Waals surface area contributed by atoms with E-state index in [0.29, 0.717) is 21.4 Å². The van der Waals surface area contributed by atoms with Gasteiger partial charge in [-0.1, -0.05) is 11.6 Å². The highest BCUT2D eigenvalue weighted by Crippen LogP contribution is 2.30. The monoisotopic (exact) mass is 357 g/mol. The summed E-state index contributed by atoms with van der Waals surface area (Å²) in [4.78, 5) is 12.7. The SMILES string of the molecule is COc1ccc(Cl)cc1NC(=O)[C@H](C)Sc1ccc(F)c(F)c1. The van der Waals surface area contributed by atoms with Crippen LogP contribution in [0.15, 0.2) is 41.3 Å². The summed E-state index contributed by atoms with van der Waals surface area (Å²) in [7, 11) is 1.48. The summed E-state index contributed by atoms with van der Waals surface area (Å²) in [6, 6.07) is 8.38. The molecule has 0 aliphatic carbocycles. The number of benzene rings is 2. The van der Waals surface area contributed by atoms with Crippen molar-refractivity contribution in [3.8, 4) is 5.75 Å². The van der Waals surface area contributed by atoms with Crippen molar-refractivity contribution in [3.05, 3.63) is 53.1 Å². The van der Waals surface area contributed by atoms with E-state index in [1.807, 2.05) is 0 Å². The molecule has 0 saturated carbocycles. The zero-order valence-electron chi connectivity index (χ0n) is 12.4. The maximum Gasteiger partial charge on any atom is 0.237 e. The fourth-order valence-electron chi connectivity index (χ4n) is 1.82. The first-order valence-electron chi connectivity index (χ1n) is 6.67. The van der Waals surface area contributed by atoms with Crippen molar-refractivity contribution >= 4 is 35.0 Å². The summed E-state index contributed by atoms with van der Waals surface area (Å²) >= 11 is 7.03. The predicted octanol–water partition coefficient (Wildman–Crippen LogP) is 4.75. The number of nitrogens with one attached hydrogen (secondary N) is 1. The molecule has 1 atom stereocenters. The third kappa shape index (κ3) is 4.59. The highest BCUT2D eigenvalue weighted by molar-refractivity contribution is 8.00. The van der Waals surface area contributed by atoms with Crippen LogP contribution in [0.25, 0.3) is 0 Å². The lowest BCUT2D eigenvalue weighted by atomic mass is 10.3. The molecular formula is C16H14ClF2NO2S. The molecular weight excluding hydrogens is 344 g/mol. The summed E-state index contributed by atoms with van der Waals surface area (Å²) in [5, 5.41) is 2.65. The van der Waals surface area contributed by atoms with Crippen LogP contribution < -0.4 is 10.1 Å². The lowest BCUT2D eigenvalue weighted by Gasteiger charge is -2.14. The van der Waals surface area contributed by atoms with Gasteiger partial charge in [0, 0.05) is 9.92 Å². The number of anilines is 1. The Balaban J connectivity index is 2.08. The average Bonchev–Trinajstić information content (AvgIpc) is 2.51. The molecule has 0 bridgehead atoms. The number of hydrogen-bond acceptors (Lipinski definition) is 3. The van der Waals surface area contributed by atoms with E-state index in [4.69, 9.17) is 16.3 Å². The van der Waals surface area contributed by atoms with Crippen LogP contribution in [0.2, 0.25) is 5.02 Å². The minimum atomic E-state index is -0.945. The van der Waals surface area contributed by atoms with Gasteiger partial charge in [0.05, 0.1) is 18.0 Å². The van der Waals surface area contributed by atoms with E-state index in [9.17, 15) is 13.6 Å². The smallest absolute Gasteiger partial charge is 0.237 e. The van der Waals surface area contributed by atoms with Gasteiger partial charge in [-0.2, -0.15) is 0 Å². The number of carbonyl (C=O) groups excluding carboxylic acids is 1. The summed E-state index contributed by atoms with van der Waals surface area (Å²) < 4.78 is 31.3. The number of hydrogen-bond donors (Lipinski definition) is 1. The zero-order chi connectivity index (χ0) is 17.0. The number of halogens is 3. The van der Waals surface area contributed by atoms with Crippen LogP contribution >= 0.6 is 23.4 Å². The summed E-state index contributed by atoms with van der Waals surface area (Å²) in [6.07, 6.45) is 0. The fraction of sp³-hybridized carbons (Fsp3) is 0.188. The third-order valence-corrected chi connectivity index (χ3v) is 4.32. The molecule has 0 aromatic heterocycles. The second-order valence-electron chi connectivity index (χ2n) is 4.67. The van der Waals surface area contributed by atoms with Crippen molar-refractivity contribution in [2.75, 3.05) is 12.4 Å². The Hall–Kier alpha value is -1.79. The van der Waals surface area contributed by atoms with Crippen molar-refractivity contribution in [3.63, 3.8) is 0 Å². The Morgan fingerprint density at radius 1 is 1.22 bits per heavy atom. The third-order valence-electron chi connectivity index (χ3n) is 2.99. The van der Waals surface area contributed by atoms with Crippen LogP contribution in [-0.4, -0.2) is 18.3 Å². The molecule has 3 nitrogen and oxygen atoms in total. The minimum absolute atomic E-state index is 0.305. The van der Waals surface area contributed by atoms with Crippen LogP contribution in [-0.2, 0) is 4.79 Å². The summed E-state index contributed by atoms with van der Waals surface area (Å²) in [6.45, 7) is 1.66. The fourth-order valence-corrected chi connectivity index (χ4v) is 2.88. The second kappa shape index (κ2) is 7.66. The highest BCUT2D eigenvalue weighted by atomic mass is 35.5. The van der Waals surface area contributed by atoms with Gasteiger partial charge in [-0.15, -0.1) is 11.8 Å². The Labute approximate surface area is 142 Å². The zero-order valence-corrected chi connectivity index (χ0v) is 14.0. The molecule has 0 fully saturated rings. The van der Waals surface area contributed by atoms with E-state index in [0.717, 1.165) is 23.9 Å². The number of methoxy groups -OCH3 is 1. The molecule has 122 valence electrons. The molecule has 1 amide bonds. The number of carbonyl (C=O) groups is 1. The maximum absolute atomic E-state index is 13.2. The van der Waals surface area contributed by atoms with Gasteiger partial charge in [-0.25, -0.2) is 8.78 Å². The van der Waals surface area contributed by atoms with E-state index in [1.54, 1.807) is 25.1 Å². The molecule has 0 heterocycles. The molecule has 0 spiro atoms. The number of thioether (sulfide) groups is 1. The van der Waals surface area contributed by atoms with Crippen molar-refractivity contribution in [2.24, 2.45) is 0 Å². The largest absolute Gasteiger partial charge is 0.495 e.